The van der Waals surface area contributed by atoms with Crippen LogP contribution >= 0.6 is 15.9 Å². The molecule has 0 atom stereocenters. The van der Waals surface area contributed by atoms with Gasteiger partial charge < -0.3 is 10.2 Å². The van der Waals surface area contributed by atoms with Crippen molar-refractivity contribution in [3.8, 4) is 0 Å². The molecule has 0 aromatic heterocycles. The normalized spacial score (nSPS) is 12.8. The Labute approximate surface area is 143 Å². The highest BCUT2D eigenvalue weighted by molar-refractivity contribution is 9.10. The van der Waals surface area contributed by atoms with Crippen molar-refractivity contribution in [1.82, 2.24) is 5.32 Å². The smallest absolute Gasteiger partial charge is 0.246 e. The van der Waals surface area contributed by atoms with Crippen LogP contribution in [0.25, 0.3) is 0 Å². The van der Waals surface area contributed by atoms with E-state index in [1.54, 1.807) is 4.90 Å². The van der Waals surface area contributed by atoms with Crippen molar-refractivity contribution in [1.29, 1.82) is 0 Å². The standard InChI is InChI=1S/C18H17BrN2O2/c19-15-6-3-4-13(10-15)11-17(22)20-12-18(23)21-9-8-14-5-1-2-7-16(14)21/h1-7,10H,8-9,11-12H2,(H,20,22). The fourth-order valence-corrected chi connectivity index (χ4v) is 3.21. The minimum absolute atomic E-state index is 0.0289. The number of fused-ring (bicyclic) bond motifs is 1. The van der Waals surface area contributed by atoms with Crippen LogP contribution in [0, 0.1) is 0 Å². The third kappa shape index (κ3) is 3.79. The van der Waals surface area contributed by atoms with Crippen molar-refractivity contribution in [2.75, 3.05) is 18.0 Å². The monoisotopic (exact) mass is 372 g/mol. The van der Waals surface area contributed by atoms with Gasteiger partial charge in [0, 0.05) is 16.7 Å². The number of hydrogen-bond donors (Lipinski definition) is 1. The lowest BCUT2D eigenvalue weighted by Gasteiger charge is -2.17. The first kappa shape index (κ1) is 15.7. The molecule has 3 rings (SSSR count). The number of rotatable bonds is 4. The fourth-order valence-electron chi connectivity index (χ4n) is 2.76. The van der Waals surface area contributed by atoms with Crippen LogP contribution < -0.4 is 10.2 Å². The van der Waals surface area contributed by atoms with Crippen LogP contribution in [0.15, 0.2) is 53.0 Å². The maximum atomic E-state index is 12.3. The zero-order chi connectivity index (χ0) is 16.2. The Kier molecular flexibility index (Phi) is 4.76. The Morgan fingerprint density at radius 3 is 2.78 bits per heavy atom. The van der Waals surface area contributed by atoms with Crippen LogP contribution in [0.5, 0.6) is 0 Å². The van der Waals surface area contributed by atoms with Gasteiger partial charge in [0.1, 0.15) is 0 Å². The van der Waals surface area contributed by atoms with Crippen LogP contribution in [-0.4, -0.2) is 24.9 Å². The van der Waals surface area contributed by atoms with Crippen LogP contribution in [0.1, 0.15) is 11.1 Å². The Hall–Kier alpha value is -2.14. The highest BCUT2D eigenvalue weighted by Crippen LogP contribution is 2.27. The minimum Gasteiger partial charge on any atom is -0.347 e. The van der Waals surface area contributed by atoms with E-state index in [4.69, 9.17) is 0 Å². The van der Waals surface area contributed by atoms with Crippen molar-refractivity contribution in [2.24, 2.45) is 0 Å². The quantitative estimate of drug-likeness (QED) is 0.896. The van der Waals surface area contributed by atoms with E-state index in [9.17, 15) is 9.59 Å². The first-order valence-corrected chi connectivity index (χ1v) is 8.32. The summed E-state index contributed by atoms with van der Waals surface area (Å²) >= 11 is 3.38. The van der Waals surface area contributed by atoms with Crippen molar-refractivity contribution in [2.45, 2.75) is 12.8 Å². The van der Waals surface area contributed by atoms with E-state index < -0.39 is 0 Å². The van der Waals surface area contributed by atoms with Crippen molar-refractivity contribution in [3.05, 3.63) is 64.1 Å². The van der Waals surface area contributed by atoms with E-state index in [2.05, 4.69) is 21.2 Å². The third-order valence-electron chi connectivity index (χ3n) is 3.88. The number of nitrogens with one attached hydrogen (secondary N) is 1. The number of benzene rings is 2. The zero-order valence-electron chi connectivity index (χ0n) is 12.6. The number of hydrogen-bond acceptors (Lipinski definition) is 2. The van der Waals surface area contributed by atoms with Crippen LogP contribution in [-0.2, 0) is 22.4 Å². The lowest BCUT2D eigenvalue weighted by molar-refractivity contribution is -0.124. The van der Waals surface area contributed by atoms with Crippen molar-refractivity contribution < 1.29 is 9.59 Å². The summed E-state index contributed by atoms with van der Waals surface area (Å²) in [4.78, 5) is 26.1. The van der Waals surface area contributed by atoms with Gasteiger partial charge in [-0.3, -0.25) is 9.59 Å². The van der Waals surface area contributed by atoms with Gasteiger partial charge in [0.15, 0.2) is 0 Å². The van der Waals surface area contributed by atoms with E-state index in [0.29, 0.717) is 6.54 Å². The maximum absolute atomic E-state index is 12.3. The number of nitrogens with zero attached hydrogens (tertiary/aromatic N) is 1. The first-order chi connectivity index (χ1) is 11.1. The molecular weight excluding hydrogens is 356 g/mol. The second-order valence-corrected chi connectivity index (χ2v) is 6.42. The molecule has 0 aliphatic carbocycles. The second-order valence-electron chi connectivity index (χ2n) is 5.51. The molecule has 2 amide bonds. The second kappa shape index (κ2) is 6.96. The van der Waals surface area contributed by atoms with Gasteiger partial charge in [-0.05, 0) is 35.7 Å². The van der Waals surface area contributed by atoms with Gasteiger partial charge in [0.2, 0.25) is 11.8 Å². The molecule has 1 N–H and O–H groups in total. The molecule has 0 fully saturated rings. The Balaban J connectivity index is 1.54. The predicted octanol–water partition coefficient (Wildman–Crippen LogP) is 2.70. The van der Waals surface area contributed by atoms with Crippen LogP contribution in [0.3, 0.4) is 0 Å². The van der Waals surface area contributed by atoms with Gasteiger partial charge in [0.25, 0.3) is 0 Å². The number of amides is 2. The SMILES string of the molecule is O=C(Cc1cccc(Br)c1)NCC(=O)N1CCc2ccccc21. The van der Waals surface area contributed by atoms with Gasteiger partial charge in [-0.1, -0.05) is 46.3 Å². The van der Waals surface area contributed by atoms with Gasteiger partial charge in [-0.15, -0.1) is 0 Å². The lowest BCUT2D eigenvalue weighted by Crippen LogP contribution is -2.39. The van der Waals surface area contributed by atoms with Crippen LogP contribution in [0.4, 0.5) is 5.69 Å². The summed E-state index contributed by atoms with van der Waals surface area (Å²) in [5, 5.41) is 2.71. The Bertz CT molecular complexity index is 745. The zero-order valence-corrected chi connectivity index (χ0v) is 14.2. The summed E-state index contributed by atoms with van der Waals surface area (Å²) in [5.74, 6) is -0.221. The van der Waals surface area contributed by atoms with Gasteiger partial charge in [-0.2, -0.15) is 0 Å². The molecule has 1 aliphatic rings. The highest BCUT2D eigenvalue weighted by atomic mass is 79.9. The summed E-state index contributed by atoms with van der Waals surface area (Å²) in [7, 11) is 0. The van der Waals surface area contributed by atoms with E-state index >= 15 is 0 Å². The maximum Gasteiger partial charge on any atom is 0.246 e. The fraction of sp³-hybridized carbons (Fsp3) is 0.222. The summed E-state index contributed by atoms with van der Waals surface area (Å²) in [5.41, 5.74) is 3.05. The number of para-hydroxylation sites is 1. The van der Waals surface area contributed by atoms with Crippen molar-refractivity contribution >= 4 is 33.4 Å². The molecule has 2 aromatic carbocycles. The number of carbonyl (C=O) groups is 2. The van der Waals surface area contributed by atoms with Gasteiger partial charge >= 0.3 is 0 Å². The molecule has 118 valence electrons. The molecule has 0 radical (unpaired) electrons. The van der Waals surface area contributed by atoms with E-state index in [1.807, 2.05) is 48.5 Å². The molecule has 0 saturated carbocycles. The number of carbonyl (C=O) groups excluding carboxylic acids is 2. The number of anilines is 1. The molecular formula is C18H17BrN2O2. The largest absolute Gasteiger partial charge is 0.347 e. The highest BCUT2D eigenvalue weighted by Gasteiger charge is 2.24. The van der Waals surface area contributed by atoms with Gasteiger partial charge in [-0.25, -0.2) is 0 Å². The molecule has 0 saturated heterocycles. The Morgan fingerprint density at radius 1 is 1.13 bits per heavy atom. The predicted molar refractivity (Wildman–Crippen MR) is 93.4 cm³/mol. The molecule has 0 spiro atoms. The van der Waals surface area contributed by atoms with Crippen molar-refractivity contribution in [3.63, 3.8) is 0 Å². The van der Waals surface area contributed by atoms with E-state index in [0.717, 1.165) is 22.1 Å². The van der Waals surface area contributed by atoms with E-state index in [-0.39, 0.29) is 24.8 Å². The number of halogens is 1. The molecule has 4 nitrogen and oxygen atoms in total. The summed E-state index contributed by atoms with van der Waals surface area (Å²) in [6.45, 7) is 0.709. The van der Waals surface area contributed by atoms with E-state index in [1.165, 1.54) is 5.56 Å². The summed E-state index contributed by atoms with van der Waals surface area (Å²) < 4.78 is 0.938. The molecule has 23 heavy (non-hydrogen) atoms. The molecule has 2 aromatic rings. The Morgan fingerprint density at radius 2 is 1.96 bits per heavy atom. The van der Waals surface area contributed by atoms with Crippen LogP contribution in [0.2, 0.25) is 0 Å². The topological polar surface area (TPSA) is 49.4 Å². The lowest BCUT2D eigenvalue weighted by atomic mass is 10.1. The molecule has 0 unspecified atom stereocenters. The first-order valence-electron chi connectivity index (χ1n) is 7.53. The molecule has 1 heterocycles. The third-order valence-corrected chi connectivity index (χ3v) is 4.37. The average Bonchev–Trinajstić information content (AvgIpc) is 2.97. The molecule has 1 aliphatic heterocycles. The minimum atomic E-state index is -0.149. The summed E-state index contributed by atoms with van der Waals surface area (Å²) in [6.07, 6.45) is 1.14. The molecule has 0 bridgehead atoms. The van der Waals surface area contributed by atoms with Gasteiger partial charge in [0.05, 0.1) is 13.0 Å². The molecule has 5 heteroatoms. The summed E-state index contributed by atoms with van der Waals surface area (Å²) in [6, 6.07) is 15.5. The average molecular weight is 373 g/mol.